The molecule has 0 unspecified atom stereocenters. The van der Waals surface area contributed by atoms with Crippen molar-refractivity contribution >= 4 is 117 Å². The lowest BCUT2D eigenvalue weighted by atomic mass is 9.96. The summed E-state index contributed by atoms with van der Waals surface area (Å²) in [5.74, 6) is 0. The number of nitrogens with zero attached hydrogens (tertiary/aromatic N) is 3. The fraction of sp³-hybridized carbons (Fsp3) is 0. The molecule has 5 heteroatoms. The van der Waals surface area contributed by atoms with Crippen molar-refractivity contribution in [2.45, 2.75) is 0 Å². The van der Waals surface area contributed by atoms with E-state index < -0.39 is 0 Å². The first-order valence-corrected chi connectivity index (χ1v) is 24.7. The molecule has 344 valence electrons. The van der Waals surface area contributed by atoms with Gasteiger partial charge in [-0.1, -0.05) is 170 Å². The lowest BCUT2D eigenvalue weighted by molar-refractivity contribution is 0.669. The van der Waals surface area contributed by atoms with Gasteiger partial charge in [0, 0.05) is 67.0 Å². The van der Waals surface area contributed by atoms with Gasteiger partial charge in [0.1, 0.15) is 22.3 Å². The lowest BCUT2D eigenvalue weighted by Crippen LogP contribution is -2.16. The van der Waals surface area contributed by atoms with Gasteiger partial charge >= 0.3 is 0 Å². The summed E-state index contributed by atoms with van der Waals surface area (Å²) in [6, 6.07) is 97.2. The molecule has 12 aromatic carbocycles. The SMILES string of the molecule is c1ccc(-c2ccccc2N(c2ccccc2)c2cc(N(c3ccccc3)c3ccccc3)cc(N(c3ccc4c(c3)oc3ccccc34)c3ccc4c5ccccc5c5oc6ccccc6c5c4c3)c2)cc1. The van der Waals surface area contributed by atoms with Crippen LogP contribution >= 0.6 is 0 Å². The maximum atomic E-state index is 6.78. The summed E-state index contributed by atoms with van der Waals surface area (Å²) in [6.07, 6.45) is 0. The number of para-hydroxylation sites is 6. The Labute approximate surface area is 422 Å². The number of fused-ring (bicyclic) bond motifs is 11. The summed E-state index contributed by atoms with van der Waals surface area (Å²) in [4.78, 5) is 7.15. The molecule has 0 N–H and O–H groups in total. The van der Waals surface area contributed by atoms with Crippen LogP contribution < -0.4 is 14.7 Å². The zero-order valence-electron chi connectivity index (χ0n) is 39.6. The van der Waals surface area contributed by atoms with Crippen LogP contribution in [0.5, 0.6) is 0 Å². The van der Waals surface area contributed by atoms with Gasteiger partial charge in [0.15, 0.2) is 0 Å². The van der Waals surface area contributed by atoms with E-state index in [1.54, 1.807) is 0 Å². The number of anilines is 9. The second kappa shape index (κ2) is 17.5. The average molecular weight is 936 g/mol. The number of hydrogen-bond donors (Lipinski definition) is 0. The molecule has 14 rings (SSSR count). The highest BCUT2D eigenvalue weighted by atomic mass is 16.3. The average Bonchev–Trinajstić information content (AvgIpc) is 4.05. The minimum Gasteiger partial charge on any atom is -0.456 e. The van der Waals surface area contributed by atoms with Crippen molar-refractivity contribution in [3.05, 3.63) is 273 Å². The molecule has 0 fully saturated rings. The van der Waals surface area contributed by atoms with Crippen molar-refractivity contribution in [1.82, 2.24) is 0 Å². The third kappa shape index (κ3) is 7.25. The third-order valence-corrected chi connectivity index (χ3v) is 14.1. The van der Waals surface area contributed by atoms with Crippen LogP contribution in [-0.4, -0.2) is 0 Å². The lowest BCUT2D eigenvalue weighted by Gasteiger charge is -2.33. The quantitative estimate of drug-likeness (QED) is 0.128. The molecule has 0 radical (unpaired) electrons. The number of furan rings is 2. The Morgan fingerprint density at radius 2 is 0.671 bits per heavy atom. The molecule has 0 saturated heterocycles. The van der Waals surface area contributed by atoms with E-state index in [1.165, 1.54) is 0 Å². The molecule has 14 aromatic rings. The molecule has 0 bridgehead atoms. The summed E-state index contributed by atoms with van der Waals surface area (Å²) >= 11 is 0. The van der Waals surface area contributed by atoms with Gasteiger partial charge in [0.05, 0.1) is 22.7 Å². The van der Waals surface area contributed by atoms with Gasteiger partial charge in [-0.25, -0.2) is 0 Å². The van der Waals surface area contributed by atoms with Crippen LogP contribution in [0, 0.1) is 0 Å². The molecule has 2 heterocycles. The molecule has 0 aliphatic heterocycles. The highest BCUT2D eigenvalue weighted by molar-refractivity contribution is 6.30. The smallest absolute Gasteiger partial charge is 0.143 e. The van der Waals surface area contributed by atoms with Gasteiger partial charge in [-0.05, 0) is 119 Å². The first kappa shape index (κ1) is 42.1. The maximum absolute atomic E-state index is 6.78. The van der Waals surface area contributed by atoms with E-state index in [0.29, 0.717) is 0 Å². The van der Waals surface area contributed by atoms with Crippen molar-refractivity contribution in [3.8, 4) is 11.1 Å². The molecule has 0 saturated carbocycles. The molecule has 0 atom stereocenters. The van der Waals surface area contributed by atoms with Crippen LogP contribution in [0.1, 0.15) is 0 Å². The molecule has 0 aliphatic carbocycles. The third-order valence-electron chi connectivity index (χ3n) is 14.1. The Hall–Kier alpha value is -9.84. The normalized spacial score (nSPS) is 11.6. The van der Waals surface area contributed by atoms with Crippen LogP contribution in [0.15, 0.2) is 282 Å². The molecule has 2 aromatic heterocycles. The molecule has 0 spiro atoms. The van der Waals surface area contributed by atoms with E-state index in [1.807, 2.05) is 18.2 Å². The zero-order chi connectivity index (χ0) is 48.2. The number of benzene rings is 12. The van der Waals surface area contributed by atoms with Crippen molar-refractivity contribution in [3.63, 3.8) is 0 Å². The van der Waals surface area contributed by atoms with E-state index in [2.05, 4.69) is 269 Å². The van der Waals surface area contributed by atoms with Gasteiger partial charge < -0.3 is 23.5 Å². The first-order chi connectivity index (χ1) is 36.2. The van der Waals surface area contributed by atoms with Crippen LogP contribution in [0.2, 0.25) is 0 Å². The fourth-order valence-corrected chi connectivity index (χ4v) is 10.9. The van der Waals surface area contributed by atoms with Crippen LogP contribution in [0.4, 0.5) is 51.2 Å². The van der Waals surface area contributed by atoms with Crippen molar-refractivity contribution in [2.75, 3.05) is 14.7 Å². The Morgan fingerprint density at radius 3 is 1.33 bits per heavy atom. The van der Waals surface area contributed by atoms with Crippen LogP contribution in [0.25, 0.3) is 76.5 Å². The summed E-state index contributed by atoms with van der Waals surface area (Å²) in [5, 5.41) is 8.85. The summed E-state index contributed by atoms with van der Waals surface area (Å²) in [7, 11) is 0. The predicted molar refractivity (Wildman–Crippen MR) is 305 cm³/mol. The Morgan fingerprint density at radius 1 is 0.233 bits per heavy atom. The summed E-state index contributed by atoms with van der Waals surface area (Å²) < 4.78 is 13.5. The van der Waals surface area contributed by atoms with Crippen molar-refractivity contribution < 1.29 is 8.83 Å². The van der Waals surface area contributed by atoms with E-state index in [4.69, 9.17) is 8.83 Å². The highest BCUT2D eigenvalue weighted by Gasteiger charge is 2.25. The molecule has 0 aliphatic rings. The molecule has 5 nitrogen and oxygen atoms in total. The predicted octanol–water partition coefficient (Wildman–Crippen LogP) is 19.9. The second-order valence-corrected chi connectivity index (χ2v) is 18.5. The van der Waals surface area contributed by atoms with Crippen LogP contribution in [0.3, 0.4) is 0 Å². The minimum atomic E-state index is 0.813. The maximum Gasteiger partial charge on any atom is 0.143 e. The van der Waals surface area contributed by atoms with Gasteiger partial charge in [-0.3, -0.25) is 0 Å². The van der Waals surface area contributed by atoms with Crippen LogP contribution in [-0.2, 0) is 0 Å². The number of rotatable bonds is 10. The van der Waals surface area contributed by atoms with Gasteiger partial charge in [0.25, 0.3) is 0 Å². The summed E-state index contributed by atoms with van der Waals surface area (Å²) in [5.41, 5.74) is 14.7. The highest BCUT2D eigenvalue weighted by Crippen LogP contribution is 2.50. The minimum absolute atomic E-state index is 0.813. The van der Waals surface area contributed by atoms with Gasteiger partial charge in [0.2, 0.25) is 0 Å². The summed E-state index contributed by atoms with van der Waals surface area (Å²) in [6.45, 7) is 0. The Balaban J connectivity index is 1.09. The van der Waals surface area contributed by atoms with E-state index in [0.717, 1.165) is 128 Å². The molecular formula is C68H45N3O2. The Kier molecular flexibility index (Phi) is 10.1. The molecular weight excluding hydrogens is 891 g/mol. The number of hydrogen-bond acceptors (Lipinski definition) is 5. The standard InChI is InChI=1S/C68H45N3O2/c1-5-21-46(22-6-1)55-29-15-18-34-63(55)71(49-27-11-4-12-28-49)54-42-52(69(47-23-7-2-8-24-47)48-25-9-3-10-26-48)41-53(43-54)70(51-38-40-59-58-31-16-19-35-64(58)72-66(59)45-51)50-37-39-57-56-30-13-14-32-60(56)68-67(62(57)44-50)61-33-17-20-36-65(61)73-68/h1-45H. The van der Waals surface area contributed by atoms with Crippen molar-refractivity contribution in [2.24, 2.45) is 0 Å². The first-order valence-electron chi connectivity index (χ1n) is 24.7. The molecule has 73 heavy (non-hydrogen) atoms. The zero-order valence-corrected chi connectivity index (χ0v) is 39.6. The fourth-order valence-electron chi connectivity index (χ4n) is 10.9. The van der Waals surface area contributed by atoms with E-state index in [-0.39, 0.29) is 0 Å². The second-order valence-electron chi connectivity index (χ2n) is 18.5. The van der Waals surface area contributed by atoms with Gasteiger partial charge in [-0.15, -0.1) is 0 Å². The van der Waals surface area contributed by atoms with E-state index >= 15 is 0 Å². The van der Waals surface area contributed by atoms with Gasteiger partial charge in [-0.2, -0.15) is 0 Å². The topological polar surface area (TPSA) is 36.0 Å². The molecule has 0 amide bonds. The monoisotopic (exact) mass is 935 g/mol. The van der Waals surface area contributed by atoms with Crippen molar-refractivity contribution in [1.29, 1.82) is 0 Å². The largest absolute Gasteiger partial charge is 0.456 e. The van der Waals surface area contributed by atoms with E-state index in [9.17, 15) is 0 Å². The Bertz CT molecular complexity index is 4300.